The maximum Gasteiger partial charge on any atom is 0.0868 e. The van der Waals surface area contributed by atoms with Crippen LogP contribution in [0, 0.1) is 11.3 Å². The first-order chi connectivity index (χ1) is 9.38. The molecule has 1 unspecified atom stereocenters. The Morgan fingerprint density at radius 1 is 1.26 bits per heavy atom. The summed E-state index contributed by atoms with van der Waals surface area (Å²) < 4.78 is 0. The highest BCUT2D eigenvalue weighted by Crippen LogP contribution is 2.40. The third-order valence-electron chi connectivity index (χ3n) is 4.37. The second-order valence-corrected chi connectivity index (χ2v) is 6.63. The van der Waals surface area contributed by atoms with E-state index < -0.39 is 0 Å². The van der Waals surface area contributed by atoms with Crippen LogP contribution in [0.1, 0.15) is 37.2 Å². The number of benzene rings is 1. The van der Waals surface area contributed by atoms with E-state index in [4.69, 9.17) is 5.26 Å². The van der Waals surface area contributed by atoms with Crippen LogP contribution < -0.4 is 0 Å². The molecule has 100 valence electrons. The maximum atomic E-state index is 9.07. The van der Waals surface area contributed by atoms with Gasteiger partial charge in [0.05, 0.1) is 12.6 Å². The molecule has 0 radical (unpaired) electrons. The van der Waals surface area contributed by atoms with Crippen molar-refractivity contribution in [3.8, 4) is 6.07 Å². The lowest BCUT2D eigenvalue weighted by molar-refractivity contribution is 0.213. The summed E-state index contributed by atoms with van der Waals surface area (Å²) in [6.07, 6.45) is 5.23. The van der Waals surface area contributed by atoms with Crippen LogP contribution in [0.4, 0.5) is 0 Å². The van der Waals surface area contributed by atoms with Gasteiger partial charge < -0.3 is 0 Å². The van der Waals surface area contributed by atoms with Crippen molar-refractivity contribution in [1.82, 2.24) is 4.90 Å². The van der Waals surface area contributed by atoms with Crippen LogP contribution in [-0.4, -0.2) is 29.8 Å². The molecule has 2 aliphatic rings. The van der Waals surface area contributed by atoms with Crippen molar-refractivity contribution in [2.24, 2.45) is 0 Å². The number of hydrogen-bond acceptors (Lipinski definition) is 3. The van der Waals surface area contributed by atoms with Crippen LogP contribution >= 0.6 is 11.8 Å². The Morgan fingerprint density at radius 3 is 2.84 bits per heavy atom. The molecule has 1 fully saturated rings. The third kappa shape index (κ3) is 2.80. The molecule has 1 aromatic rings. The highest BCUT2D eigenvalue weighted by Gasteiger charge is 2.29. The standard InChI is InChI=1S/C16H20N2S/c17-9-10-18(14-5-1-2-6-14)11-13-12-19-16-8-4-3-7-15(13)16/h3-4,7-8,13-14H,1-2,5-6,10-12H2. The molecule has 1 aliphatic carbocycles. The van der Waals surface area contributed by atoms with Gasteiger partial charge >= 0.3 is 0 Å². The average molecular weight is 272 g/mol. The zero-order chi connectivity index (χ0) is 13.1. The molecule has 1 saturated carbocycles. The molecule has 0 bridgehead atoms. The number of hydrogen-bond donors (Lipinski definition) is 0. The largest absolute Gasteiger partial charge is 0.287 e. The average Bonchev–Trinajstić information content (AvgIpc) is 3.08. The zero-order valence-electron chi connectivity index (χ0n) is 11.2. The summed E-state index contributed by atoms with van der Waals surface area (Å²) in [5.41, 5.74) is 1.49. The highest BCUT2D eigenvalue weighted by atomic mass is 32.2. The fraction of sp³-hybridized carbons (Fsp3) is 0.562. The van der Waals surface area contributed by atoms with E-state index in [0.717, 1.165) is 6.54 Å². The molecule has 19 heavy (non-hydrogen) atoms. The first-order valence-electron chi connectivity index (χ1n) is 7.21. The number of thioether (sulfide) groups is 1. The smallest absolute Gasteiger partial charge is 0.0868 e. The molecular formula is C16H20N2S. The number of fused-ring (bicyclic) bond motifs is 1. The molecule has 0 spiro atoms. The predicted molar refractivity (Wildman–Crippen MR) is 79.3 cm³/mol. The van der Waals surface area contributed by atoms with Gasteiger partial charge in [0.1, 0.15) is 0 Å². The molecule has 3 rings (SSSR count). The van der Waals surface area contributed by atoms with Crippen molar-refractivity contribution >= 4 is 11.8 Å². The molecule has 1 aromatic carbocycles. The summed E-state index contributed by atoms with van der Waals surface area (Å²) in [6.45, 7) is 1.65. The molecule has 2 nitrogen and oxygen atoms in total. The van der Waals surface area contributed by atoms with Gasteiger partial charge in [-0.1, -0.05) is 31.0 Å². The SMILES string of the molecule is N#CCN(CC1CSc2ccccc21)C1CCCC1. The van der Waals surface area contributed by atoms with Crippen molar-refractivity contribution in [1.29, 1.82) is 5.26 Å². The lowest BCUT2D eigenvalue weighted by atomic mass is 10.00. The Morgan fingerprint density at radius 2 is 2.05 bits per heavy atom. The quantitative estimate of drug-likeness (QED) is 0.783. The molecule has 1 aliphatic heterocycles. The monoisotopic (exact) mass is 272 g/mol. The van der Waals surface area contributed by atoms with E-state index in [2.05, 4.69) is 35.2 Å². The molecular weight excluding hydrogens is 252 g/mol. The van der Waals surface area contributed by atoms with Crippen LogP contribution in [0.25, 0.3) is 0 Å². The van der Waals surface area contributed by atoms with Gasteiger partial charge in [0.15, 0.2) is 0 Å². The van der Waals surface area contributed by atoms with Crippen LogP contribution in [0.15, 0.2) is 29.2 Å². The zero-order valence-corrected chi connectivity index (χ0v) is 12.0. The lowest BCUT2D eigenvalue weighted by Gasteiger charge is -2.29. The summed E-state index contributed by atoms with van der Waals surface area (Å²) in [5, 5.41) is 9.07. The molecule has 0 saturated heterocycles. The normalized spacial score (nSPS) is 22.6. The lowest BCUT2D eigenvalue weighted by Crippen LogP contribution is -2.37. The minimum absolute atomic E-state index is 0.591. The van der Waals surface area contributed by atoms with Gasteiger partial charge in [-0.15, -0.1) is 11.8 Å². The Labute approximate surface area is 119 Å². The predicted octanol–water partition coefficient (Wildman–Crippen LogP) is 3.64. The summed E-state index contributed by atoms with van der Waals surface area (Å²) >= 11 is 1.97. The van der Waals surface area contributed by atoms with Gasteiger partial charge in [0.2, 0.25) is 0 Å². The first-order valence-corrected chi connectivity index (χ1v) is 8.20. The van der Waals surface area contributed by atoms with Crippen LogP contribution in [0.5, 0.6) is 0 Å². The van der Waals surface area contributed by atoms with Crippen molar-refractivity contribution in [3.63, 3.8) is 0 Å². The van der Waals surface area contributed by atoms with Crippen LogP contribution in [0.3, 0.4) is 0 Å². The van der Waals surface area contributed by atoms with E-state index in [0.29, 0.717) is 18.5 Å². The topological polar surface area (TPSA) is 27.0 Å². The summed E-state index contributed by atoms with van der Waals surface area (Å²) in [5.74, 6) is 1.78. The van der Waals surface area contributed by atoms with E-state index in [1.807, 2.05) is 11.8 Å². The van der Waals surface area contributed by atoms with Crippen molar-refractivity contribution in [2.75, 3.05) is 18.8 Å². The maximum absolute atomic E-state index is 9.07. The number of nitriles is 1. The first kappa shape index (κ1) is 13.0. The summed E-state index contributed by atoms with van der Waals surface area (Å²) in [4.78, 5) is 3.87. The van der Waals surface area contributed by atoms with Gasteiger partial charge in [-0.25, -0.2) is 0 Å². The van der Waals surface area contributed by atoms with Gasteiger partial charge in [0.25, 0.3) is 0 Å². The van der Waals surface area contributed by atoms with E-state index in [9.17, 15) is 0 Å². The molecule has 3 heteroatoms. The molecule has 1 heterocycles. The number of nitrogens with zero attached hydrogens (tertiary/aromatic N) is 2. The van der Waals surface area contributed by atoms with Crippen molar-refractivity contribution in [3.05, 3.63) is 29.8 Å². The van der Waals surface area contributed by atoms with E-state index in [1.165, 1.54) is 41.9 Å². The molecule has 0 amide bonds. The Bertz CT molecular complexity index is 474. The summed E-state index contributed by atoms with van der Waals surface area (Å²) in [6, 6.07) is 11.8. The second kappa shape index (κ2) is 5.98. The fourth-order valence-corrected chi connectivity index (χ4v) is 4.61. The van der Waals surface area contributed by atoms with Crippen LogP contribution in [-0.2, 0) is 0 Å². The highest BCUT2D eigenvalue weighted by molar-refractivity contribution is 7.99. The van der Waals surface area contributed by atoms with Gasteiger partial charge in [-0.3, -0.25) is 4.90 Å². The number of rotatable bonds is 4. The Balaban J connectivity index is 1.71. The Kier molecular flexibility index (Phi) is 4.10. The van der Waals surface area contributed by atoms with E-state index >= 15 is 0 Å². The van der Waals surface area contributed by atoms with Gasteiger partial charge in [-0.2, -0.15) is 5.26 Å². The van der Waals surface area contributed by atoms with Crippen molar-refractivity contribution in [2.45, 2.75) is 42.5 Å². The fourth-order valence-electron chi connectivity index (χ4n) is 3.37. The van der Waals surface area contributed by atoms with Gasteiger partial charge in [0, 0.05) is 29.2 Å². The summed E-state index contributed by atoms with van der Waals surface area (Å²) in [7, 11) is 0. The van der Waals surface area contributed by atoms with Crippen molar-refractivity contribution < 1.29 is 0 Å². The molecule has 0 N–H and O–H groups in total. The van der Waals surface area contributed by atoms with E-state index in [1.54, 1.807) is 0 Å². The Hall–Kier alpha value is -0.980. The minimum Gasteiger partial charge on any atom is -0.287 e. The molecule has 0 aromatic heterocycles. The third-order valence-corrected chi connectivity index (χ3v) is 5.62. The van der Waals surface area contributed by atoms with Gasteiger partial charge in [-0.05, 0) is 24.5 Å². The van der Waals surface area contributed by atoms with Crippen LogP contribution in [0.2, 0.25) is 0 Å². The van der Waals surface area contributed by atoms with E-state index in [-0.39, 0.29) is 0 Å². The minimum atomic E-state index is 0.591. The second-order valence-electron chi connectivity index (χ2n) is 5.57. The molecule has 1 atom stereocenters.